The van der Waals surface area contributed by atoms with Gasteiger partial charge in [-0.1, -0.05) is 17.3 Å². The summed E-state index contributed by atoms with van der Waals surface area (Å²) in [6.07, 6.45) is 5.73. The predicted octanol–water partition coefficient (Wildman–Crippen LogP) is 2.00. The third-order valence-electron chi connectivity index (χ3n) is 1.52. The zero-order valence-corrected chi connectivity index (χ0v) is 8.28. The van der Waals surface area contributed by atoms with E-state index >= 15 is 0 Å². The molecule has 0 saturated heterocycles. The van der Waals surface area contributed by atoms with Gasteiger partial charge in [0.2, 0.25) is 6.49 Å². The van der Waals surface area contributed by atoms with Crippen molar-refractivity contribution >= 4 is 17.9 Å². The van der Waals surface area contributed by atoms with Crippen LogP contribution in [0.1, 0.15) is 0 Å². The zero-order chi connectivity index (χ0) is 8.48. The number of terminal acetylenes is 1. The van der Waals surface area contributed by atoms with E-state index in [1.165, 1.54) is 11.4 Å². The SMILES string of the molecule is C#CC1=CSP(=O)(N(C)C)C1. The Morgan fingerprint density at radius 2 is 2.45 bits per heavy atom. The van der Waals surface area contributed by atoms with Crippen LogP contribution in [0.4, 0.5) is 0 Å². The first-order valence-electron chi connectivity index (χ1n) is 3.19. The highest BCUT2D eigenvalue weighted by atomic mass is 32.7. The topological polar surface area (TPSA) is 20.3 Å². The van der Waals surface area contributed by atoms with E-state index in [0.717, 1.165) is 5.57 Å². The van der Waals surface area contributed by atoms with Crippen LogP contribution in [0.25, 0.3) is 0 Å². The van der Waals surface area contributed by atoms with Gasteiger partial charge in [-0.05, 0) is 19.5 Å². The van der Waals surface area contributed by atoms with Gasteiger partial charge in [-0.25, -0.2) is 0 Å². The molecule has 0 spiro atoms. The van der Waals surface area contributed by atoms with Gasteiger partial charge >= 0.3 is 0 Å². The molecular formula is C7H10NOPS. The third-order valence-corrected chi connectivity index (χ3v) is 6.87. The Labute approximate surface area is 71.2 Å². The molecule has 0 saturated carbocycles. The van der Waals surface area contributed by atoms with E-state index in [4.69, 9.17) is 6.42 Å². The van der Waals surface area contributed by atoms with Crippen molar-refractivity contribution in [1.82, 2.24) is 4.67 Å². The summed E-state index contributed by atoms with van der Waals surface area (Å²) in [5, 5.41) is 1.82. The van der Waals surface area contributed by atoms with Gasteiger partial charge in [0.25, 0.3) is 0 Å². The van der Waals surface area contributed by atoms with Gasteiger partial charge in [0.1, 0.15) is 0 Å². The van der Waals surface area contributed by atoms with Crippen molar-refractivity contribution in [3.8, 4) is 12.3 Å². The summed E-state index contributed by atoms with van der Waals surface area (Å²) in [4.78, 5) is 0. The molecule has 0 fully saturated rings. The van der Waals surface area contributed by atoms with Crippen LogP contribution in [-0.4, -0.2) is 24.9 Å². The molecule has 0 amide bonds. The average molecular weight is 187 g/mol. The van der Waals surface area contributed by atoms with Gasteiger partial charge in [-0.3, -0.25) is 9.24 Å². The summed E-state index contributed by atoms with van der Waals surface area (Å²) in [6, 6.07) is 0. The van der Waals surface area contributed by atoms with Crippen LogP contribution in [0.5, 0.6) is 0 Å². The summed E-state index contributed by atoms with van der Waals surface area (Å²) >= 11 is 1.36. The first-order chi connectivity index (χ1) is 5.08. The lowest BCUT2D eigenvalue weighted by Crippen LogP contribution is -2.06. The largest absolute Gasteiger partial charge is 0.294 e. The van der Waals surface area contributed by atoms with Crippen LogP contribution in [0.3, 0.4) is 0 Å². The Hall–Kier alpha value is -0.160. The Bertz CT molecular complexity index is 277. The van der Waals surface area contributed by atoms with Crippen molar-refractivity contribution in [3.05, 3.63) is 11.0 Å². The van der Waals surface area contributed by atoms with Crippen molar-refractivity contribution in [1.29, 1.82) is 0 Å². The minimum Gasteiger partial charge on any atom is -0.294 e. The smallest absolute Gasteiger partial charge is 0.211 e. The molecule has 0 aliphatic carbocycles. The fourth-order valence-electron chi connectivity index (χ4n) is 0.751. The Morgan fingerprint density at radius 3 is 2.73 bits per heavy atom. The maximum absolute atomic E-state index is 11.8. The number of nitrogens with zero attached hydrogens (tertiary/aromatic N) is 1. The summed E-state index contributed by atoms with van der Waals surface area (Å²) in [6.45, 7) is -2.20. The monoisotopic (exact) mass is 187 g/mol. The molecule has 1 aliphatic rings. The van der Waals surface area contributed by atoms with Crippen molar-refractivity contribution in [2.24, 2.45) is 0 Å². The normalized spacial score (nSPS) is 30.2. The number of hydrogen-bond donors (Lipinski definition) is 0. The molecule has 4 heteroatoms. The number of rotatable bonds is 1. The molecule has 0 radical (unpaired) electrons. The van der Waals surface area contributed by atoms with Crippen molar-refractivity contribution < 1.29 is 4.57 Å². The highest BCUT2D eigenvalue weighted by Crippen LogP contribution is 2.65. The van der Waals surface area contributed by atoms with E-state index in [2.05, 4.69) is 5.92 Å². The van der Waals surface area contributed by atoms with Crippen molar-refractivity contribution in [2.75, 3.05) is 20.3 Å². The molecule has 2 nitrogen and oxygen atoms in total. The van der Waals surface area contributed by atoms with E-state index in [0.29, 0.717) is 6.16 Å². The zero-order valence-electron chi connectivity index (χ0n) is 6.57. The summed E-state index contributed by atoms with van der Waals surface area (Å²) in [5.74, 6) is 2.52. The van der Waals surface area contributed by atoms with E-state index in [1.54, 1.807) is 4.67 Å². The van der Waals surface area contributed by atoms with Gasteiger partial charge in [0, 0.05) is 5.57 Å². The van der Waals surface area contributed by atoms with Crippen LogP contribution in [0.2, 0.25) is 0 Å². The molecule has 60 valence electrons. The van der Waals surface area contributed by atoms with Gasteiger partial charge in [-0.15, -0.1) is 6.42 Å². The van der Waals surface area contributed by atoms with E-state index < -0.39 is 6.49 Å². The third kappa shape index (κ3) is 1.70. The quantitative estimate of drug-likeness (QED) is 0.462. The predicted molar refractivity (Wildman–Crippen MR) is 50.7 cm³/mol. The first-order valence-corrected chi connectivity index (χ1v) is 6.52. The molecule has 1 aliphatic heterocycles. The fraction of sp³-hybridized carbons (Fsp3) is 0.429. The second-order valence-corrected chi connectivity index (χ2v) is 7.72. The van der Waals surface area contributed by atoms with Crippen LogP contribution < -0.4 is 0 Å². The lowest BCUT2D eigenvalue weighted by atomic mass is 10.4. The van der Waals surface area contributed by atoms with Crippen LogP contribution >= 0.6 is 17.9 Å². The molecule has 0 bridgehead atoms. The molecule has 1 unspecified atom stereocenters. The molecule has 11 heavy (non-hydrogen) atoms. The second kappa shape index (κ2) is 3.06. The Morgan fingerprint density at radius 1 is 1.82 bits per heavy atom. The van der Waals surface area contributed by atoms with Gasteiger partial charge < -0.3 is 0 Å². The summed E-state index contributed by atoms with van der Waals surface area (Å²) < 4.78 is 13.6. The molecule has 0 N–H and O–H groups in total. The van der Waals surface area contributed by atoms with Crippen LogP contribution in [0, 0.1) is 12.3 Å². The molecule has 0 aromatic rings. The fourth-order valence-corrected chi connectivity index (χ4v) is 4.56. The van der Waals surface area contributed by atoms with Crippen LogP contribution in [0.15, 0.2) is 11.0 Å². The van der Waals surface area contributed by atoms with Crippen LogP contribution in [-0.2, 0) is 4.57 Å². The highest BCUT2D eigenvalue weighted by molar-refractivity contribution is 8.59. The maximum Gasteiger partial charge on any atom is 0.211 e. The molecule has 0 aromatic heterocycles. The summed E-state index contributed by atoms with van der Waals surface area (Å²) in [5.41, 5.74) is 0.854. The molecule has 1 heterocycles. The standard InChI is InChI=1S/C7H10NOPS/c1-4-7-5-10(9,8(2)3)11-6-7/h1,6H,5H2,2-3H3. The number of hydrogen-bond acceptors (Lipinski definition) is 2. The van der Waals surface area contributed by atoms with E-state index in [1.807, 2.05) is 19.5 Å². The van der Waals surface area contributed by atoms with E-state index in [9.17, 15) is 4.57 Å². The molecule has 1 atom stereocenters. The number of allylic oxidation sites excluding steroid dienone is 1. The van der Waals surface area contributed by atoms with Gasteiger partial charge in [0.05, 0.1) is 6.16 Å². The molecule has 0 aromatic carbocycles. The van der Waals surface area contributed by atoms with Crippen molar-refractivity contribution in [2.45, 2.75) is 0 Å². The Kier molecular flexibility index (Phi) is 2.49. The lowest BCUT2D eigenvalue weighted by Gasteiger charge is -2.17. The molecular weight excluding hydrogens is 177 g/mol. The van der Waals surface area contributed by atoms with Gasteiger partial charge in [-0.2, -0.15) is 0 Å². The average Bonchev–Trinajstić information content (AvgIpc) is 2.33. The molecule has 1 rings (SSSR count). The Balaban J connectivity index is 2.75. The first kappa shape index (κ1) is 8.93. The summed E-state index contributed by atoms with van der Waals surface area (Å²) in [7, 11) is 3.64. The maximum atomic E-state index is 11.8. The highest BCUT2D eigenvalue weighted by Gasteiger charge is 2.30. The van der Waals surface area contributed by atoms with Crippen molar-refractivity contribution in [3.63, 3.8) is 0 Å². The second-order valence-electron chi connectivity index (χ2n) is 2.54. The van der Waals surface area contributed by atoms with E-state index in [-0.39, 0.29) is 0 Å². The minimum absolute atomic E-state index is 0.543. The van der Waals surface area contributed by atoms with Gasteiger partial charge in [0.15, 0.2) is 0 Å². The lowest BCUT2D eigenvalue weighted by molar-refractivity contribution is 0.533. The minimum atomic E-state index is -2.20.